The average molecular weight is 282 g/mol. The number of nitriles is 1. The summed E-state index contributed by atoms with van der Waals surface area (Å²) in [5.74, 6) is 0. The van der Waals surface area contributed by atoms with E-state index in [-0.39, 0.29) is 5.69 Å². The number of anilines is 3. The van der Waals surface area contributed by atoms with Crippen molar-refractivity contribution in [3.63, 3.8) is 0 Å². The fourth-order valence-electron chi connectivity index (χ4n) is 1.94. The highest BCUT2D eigenvalue weighted by molar-refractivity contribution is 5.71. The Morgan fingerprint density at radius 3 is 2.62 bits per heavy atom. The van der Waals surface area contributed by atoms with E-state index in [1.54, 1.807) is 30.3 Å². The predicted octanol–water partition coefficient (Wildman–Crippen LogP) is 3.64. The SMILES string of the molecule is CCNc1cc(Nc2ccccc2C#N)cc([N+](=O)[O-])c1. The third-order valence-corrected chi connectivity index (χ3v) is 2.84. The molecule has 2 aromatic rings. The van der Waals surface area contributed by atoms with Gasteiger partial charge in [-0.2, -0.15) is 5.26 Å². The van der Waals surface area contributed by atoms with Crippen LogP contribution in [0.2, 0.25) is 0 Å². The summed E-state index contributed by atoms with van der Waals surface area (Å²) in [7, 11) is 0. The number of benzene rings is 2. The Labute approximate surface area is 122 Å². The van der Waals surface area contributed by atoms with Crippen LogP contribution in [0.4, 0.5) is 22.7 Å². The normalized spacial score (nSPS) is 9.71. The Kier molecular flexibility index (Phi) is 4.36. The van der Waals surface area contributed by atoms with E-state index in [9.17, 15) is 10.1 Å². The molecule has 2 N–H and O–H groups in total. The standard InChI is InChI=1S/C15H14N4O2/c1-2-17-12-7-13(9-14(8-12)19(20)21)18-15-6-4-3-5-11(15)10-16/h3-9,17-18H,2H2,1H3. The summed E-state index contributed by atoms with van der Waals surface area (Å²) in [6, 6.07) is 13.8. The zero-order chi connectivity index (χ0) is 15.2. The van der Waals surface area contributed by atoms with Gasteiger partial charge in [0.2, 0.25) is 0 Å². The third kappa shape index (κ3) is 3.48. The summed E-state index contributed by atoms with van der Waals surface area (Å²) in [5, 5.41) is 26.1. The fraction of sp³-hybridized carbons (Fsp3) is 0.133. The molecule has 106 valence electrons. The number of non-ortho nitro benzene ring substituents is 1. The Bertz CT molecular complexity index is 707. The predicted molar refractivity (Wildman–Crippen MR) is 81.7 cm³/mol. The van der Waals surface area contributed by atoms with Crippen molar-refractivity contribution in [2.45, 2.75) is 6.92 Å². The molecule has 0 radical (unpaired) electrons. The monoisotopic (exact) mass is 282 g/mol. The molecule has 6 nitrogen and oxygen atoms in total. The summed E-state index contributed by atoms with van der Waals surface area (Å²) in [5.41, 5.74) is 2.30. The highest BCUT2D eigenvalue weighted by Crippen LogP contribution is 2.27. The van der Waals surface area contributed by atoms with Crippen LogP contribution in [0.1, 0.15) is 12.5 Å². The Hall–Kier alpha value is -3.07. The highest BCUT2D eigenvalue weighted by atomic mass is 16.6. The van der Waals surface area contributed by atoms with Crippen LogP contribution in [-0.4, -0.2) is 11.5 Å². The minimum absolute atomic E-state index is 0.00890. The van der Waals surface area contributed by atoms with Crippen LogP contribution in [0.15, 0.2) is 42.5 Å². The zero-order valence-corrected chi connectivity index (χ0v) is 11.5. The maximum atomic E-state index is 11.0. The lowest BCUT2D eigenvalue weighted by Crippen LogP contribution is -2.00. The van der Waals surface area contributed by atoms with E-state index in [0.29, 0.717) is 29.2 Å². The molecule has 0 saturated heterocycles. The molecule has 0 aliphatic heterocycles. The summed E-state index contributed by atoms with van der Waals surface area (Å²) < 4.78 is 0. The number of nitro groups is 1. The smallest absolute Gasteiger partial charge is 0.273 e. The fourth-order valence-corrected chi connectivity index (χ4v) is 1.94. The van der Waals surface area contributed by atoms with Crippen molar-refractivity contribution in [1.82, 2.24) is 0 Å². The van der Waals surface area contributed by atoms with Crippen LogP contribution < -0.4 is 10.6 Å². The summed E-state index contributed by atoms with van der Waals surface area (Å²) in [4.78, 5) is 10.5. The third-order valence-electron chi connectivity index (χ3n) is 2.84. The van der Waals surface area contributed by atoms with Crippen LogP contribution in [0.25, 0.3) is 0 Å². The molecular formula is C15H14N4O2. The first-order valence-electron chi connectivity index (χ1n) is 6.43. The molecule has 0 saturated carbocycles. The number of nitro benzene ring substituents is 1. The number of hydrogen-bond acceptors (Lipinski definition) is 5. The van der Waals surface area contributed by atoms with Gasteiger partial charge in [-0.15, -0.1) is 0 Å². The van der Waals surface area contributed by atoms with E-state index in [1.807, 2.05) is 6.92 Å². The highest BCUT2D eigenvalue weighted by Gasteiger charge is 2.10. The molecule has 0 spiro atoms. The lowest BCUT2D eigenvalue weighted by atomic mass is 10.1. The molecule has 0 aromatic heterocycles. The Morgan fingerprint density at radius 2 is 1.95 bits per heavy atom. The molecule has 0 atom stereocenters. The van der Waals surface area contributed by atoms with Crippen LogP contribution in [0, 0.1) is 21.4 Å². The van der Waals surface area contributed by atoms with E-state index in [1.165, 1.54) is 12.1 Å². The van der Waals surface area contributed by atoms with E-state index in [0.717, 1.165) is 0 Å². The lowest BCUT2D eigenvalue weighted by Gasteiger charge is -2.10. The van der Waals surface area contributed by atoms with Crippen LogP contribution >= 0.6 is 0 Å². The zero-order valence-electron chi connectivity index (χ0n) is 11.5. The van der Waals surface area contributed by atoms with Crippen molar-refractivity contribution in [2.75, 3.05) is 17.2 Å². The lowest BCUT2D eigenvalue weighted by molar-refractivity contribution is -0.384. The van der Waals surface area contributed by atoms with E-state index < -0.39 is 4.92 Å². The summed E-state index contributed by atoms with van der Waals surface area (Å²) in [6.45, 7) is 2.58. The number of hydrogen-bond donors (Lipinski definition) is 2. The first kappa shape index (κ1) is 14.3. The molecule has 21 heavy (non-hydrogen) atoms. The Morgan fingerprint density at radius 1 is 1.24 bits per heavy atom. The van der Waals surface area contributed by atoms with Crippen molar-refractivity contribution >= 4 is 22.7 Å². The first-order chi connectivity index (χ1) is 10.1. The van der Waals surface area contributed by atoms with Gasteiger partial charge >= 0.3 is 0 Å². The molecule has 0 heterocycles. The van der Waals surface area contributed by atoms with Crippen molar-refractivity contribution < 1.29 is 4.92 Å². The van der Waals surface area contributed by atoms with Gasteiger partial charge < -0.3 is 10.6 Å². The van der Waals surface area contributed by atoms with Gasteiger partial charge in [0, 0.05) is 30.1 Å². The number of nitrogens with zero attached hydrogens (tertiary/aromatic N) is 2. The van der Waals surface area contributed by atoms with Gasteiger partial charge in [-0.1, -0.05) is 12.1 Å². The Balaban J connectivity index is 2.39. The van der Waals surface area contributed by atoms with E-state index >= 15 is 0 Å². The summed E-state index contributed by atoms with van der Waals surface area (Å²) in [6.07, 6.45) is 0. The molecule has 0 unspecified atom stereocenters. The molecule has 0 aliphatic carbocycles. The van der Waals surface area contributed by atoms with Crippen LogP contribution in [0.3, 0.4) is 0 Å². The van der Waals surface area contributed by atoms with Gasteiger partial charge in [0.05, 0.1) is 16.2 Å². The van der Waals surface area contributed by atoms with Crippen LogP contribution in [0.5, 0.6) is 0 Å². The minimum atomic E-state index is -0.442. The van der Waals surface area contributed by atoms with Gasteiger partial charge in [0.1, 0.15) is 6.07 Å². The van der Waals surface area contributed by atoms with E-state index in [4.69, 9.17) is 5.26 Å². The molecule has 6 heteroatoms. The largest absolute Gasteiger partial charge is 0.385 e. The second-order valence-corrected chi connectivity index (χ2v) is 4.34. The van der Waals surface area contributed by atoms with Gasteiger partial charge in [-0.05, 0) is 25.1 Å². The molecule has 0 aliphatic rings. The van der Waals surface area contributed by atoms with Crippen LogP contribution in [-0.2, 0) is 0 Å². The van der Waals surface area contributed by atoms with Gasteiger partial charge in [0.15, 0.2) is 0 Å². The molecule has 0 amide bonds. The molecular weight excluding hydrogens is 268 g/mol. The molecule has 0 fully saturated rings. The van der Waals surface area contributed by atoms with Gasteiger partial charge in [-0.25, -0.2) is 0 Å². The molecule has 0 bridgehead atoms. The van der Waals surface area contributed by atoms with E-state index in [2.05, 4.69) is 16.7 Å². The molecule has 2 aromatic carbocycles. The second-order valence-electron chi connectivity index (χ2n) is 4.34. The first-order valence-corrected chi connectivity index (χ1v) is 6.43. The number of para-hydroxylation sites is 1. The van der Waals surface area contributed by atoms with Crippen molar-refractivity contribution in [2.24, 2.45) is 0 Å². The maximum Gasteiger partial charge on any atom is 0.273 e. The quantitative estimate of drug-likeness (QED) is 0.645. The van der Waals surface area contributed by atoms with Crippen molar-refractivity contribution in [1.29, 1.82) is 5.26 Å². The summed E-state index contributed by atoms with van der Waals surface area (Å²) >= 11 is 0. The second kappa shape index (κ2) is 6.39. The number of rotatable bonds is 5. The maximum absolute atomic E-state index is 11.0. The van der Waals surface area contributed by atoms with Gasteiger partial charge in [-0.3, -0.25) is 10.1 Å². The molecule has 2 rings (SSSR count). The van der Waals surface area contributed by atoms with Crippen molar-refractivity contribution in [3.05, 3.63) is 58.1 Å². The van der Waals surface area contributed by atoms with Crippen molar-refractivity contribution in [3.8, 4) is 6.07 Å². The minimum Gasteiger partial charge on any atom is -0.385 e. The number of nitrogens with one attached hydrogen (secondary N) is 2. The topological polar surface area (TPSA) is 91.0 Å². The average Bonchev–Trinajstić information content (AvgIpc) is 2.48. The van der Waals surface area contributed by atoms with Gasteiger partial charge in [0.25, 0.3) is 5.69 Å².